The molecule has 1 unspecified atom stereocenters. The Morgan fingerprint density at radius 1 is 1.52 bits per heavy atom. The van der Waals surface area contributed by atoms with Gasteiger partial charge in [-0.15, -0.1) is 0 Å². The largest absolute Gasteiger partial charge is 0.474 e. The predicted molar refractivity (Wildman–Crippen MR) is 99.9 cm³/mol. The lowest BCUT2D eigenvalue weighted by atomic mass is 10.2. The Balaban J connectivity index is 1.64. The van der Waals surface area contributed by atoms with Crippen LogP contribution in [0.5, 0.6) is 5.75 Å². The van der Waals surface area contributed by atoms with Crippen LogP contribution in [0, 0.1) is 10.1 Å². The zero-order valence-electron chi connectivity index (χ0n) is 16.0. The van der Waals surface area contributed by atoms with Gasteiger partial charge in [0.25, 0.3) is 5.82 Å². The summed E-state index contributed by atoms with van der Waals surface area (Å²) in [6.45, 7) is 3.85. The summed E-state index contributed by atoms with van der Waals surface area (Å²) in [6.07, 6.45) is -0.00203. The van der Waals surface area contributed by atoms with E-state index in [4.69, 9.17) is 14.2 Å². The molecule has 0 aromatic carbocycles. The molecule has 0 aliphatic carbocycles. The average Bonchev–Trinajstić information content (AvgIpc) is 3.34. The first-order valence-corrected chi connectivity index (χ1v) is 9.34. The van der Waals surface area contributed by atoms with Gasteiger partial charge in [-0.2, -0.15) is 0 Å². The van der Waals surface area contributed by atoms with Crippen molar-refractivity contribution < 1.29 is 28.7 Å². The molecule has 2 aliphatic heterocycles. The summed E-state index contributed by atoms with van der Waals surface area (Å²) >= 11 is 0. The molecule has 2 saturated heterocycles. The van der Waals surface area contributed by atoms with E-state index in [1.807, 2.05) is 0 Å². The second-order valence-corrected chi connectivity index (χ2v) is 6.56. The summed E-state index contributed by atoms with van der Waals surface area (Å²) in [5.74, 6) is -1.36. The lowest BCUT2D eigenvalue weighted by Crippen LogP contribution is -2.38. The number of rotatable bonds is 9. The summed E-state index contributed by atoms with van der Waals surface area (Å²) in [5, 5.41) is 17.9. The van der Waals surface area contributed by atoms with Crippen molar-refractivity contribution in [3.8, 4) is 5.75 Å². The van der Waals surface area contributed by atoms with Gasteiger partial charge in [0, 0.05) is 25.2 Å². The number of carbonyl (C=O) groups is 2. The highest BCUT2D eigenvalue weighted by molar-refractivity contribution is 5.88. The smallest absolute Gasteiger partial charge is 0.417 e. The van der Waals surface area contributed by atoms with Crippen LogP contribution in [-0.4, -0.2) is 73.5 Å². The minimum absolute atomic E-state index is 0.0789. The highest BCUT2D eigenvalue weighted by atomic mass is 16.6. The van der Waals surface area contributed by atoms with Crippen LogP contribution < -0.4 is 20.3 Å². The molecule has 3 heterocycles. The number of cyclic esters (lactones) is 1. The van der Waals surface area contributed by atoms with Crippen LogP contribution in [0.1, 0.15) is 13.3 Å². The number of hydrogen-bond acceptors (Lipinski definition) is 10. The highest BCUT2D eigenvalue weighted by Crippen LogP contribution is 2.29. The van der Waals surface area contributed by atoms with Crippen molar-refractivity contribution in [2.24, 2.45) is 0 Å². The number of pyridine rings is 1. The number of anilines is 1. The van der Waals surface area contributed by atoms with Crippen molar-refractivity contribution >= 4 is 23.7 Å². The molecule has 158 valence electrons. The van der Waals surface area contributed by atoms with Crippen LogP contribution in [0.3, 0.4) is 0 Å². The maximum Gasteiger partial charge on any atom is 0.417 e. The van der Waals surface area contributed by atoms with Crippen LogP contribution in [0.4, 0.5) is 16.4 Å². The molecule has 0 spiro atoms. The Morgan fingerprint density at radius 2 is 2.34 bits per heavy atom. The third-order valence-electron chi connectivity index (χ3n) is 4.49. The van der Waals surface area contributed by atoms with Crippen molar-refractivity contribution in [3.05, 3.63) is 22.2 Å². The molecule has 12 nitrogen and oxygen atoms in total. The van der Waals surface area contributed by atoms with E-state index < -0.39 is 29.4 Å². The first-order chi connectivity index (χ1) is 14.0. The highest BCUT2D eigenvalue weighted by Gasteiger charge is 2.36. The van der Waals surface area contributed by atoms with Crippen LogP contribution in [0.2, 0.25) is 0 Å². The molecule has 2 atom stereocenters. The predicted octanol–water partition coefficient (Wildman–Crippen LogP) is 0.208. The molecule has 12 heteroatoms. The fourth-order valence-electron chi connectivity index (χ4n) is 3.10. The molecular weight excluding hydrogens is 386 g/mol. The summed E-state index contributed by atoms with van der Waals surface area (Å²) in [4.78, 5) is 39.4. The number of nitrogens with one attached hydrogen (secondary N) is 2. The van der Waals surface area contributed by atoms with Crippen LogP contribution in [0.25, 0.3) is 0 Å². The molecule has 0 radical (unpaired) electrons. The lowest BCUT2D eigenvalue weighted by molar-refractivity contribution is -0.390. The zero-order chi connectivity index (χ0) is 20.8. The van der Waals surface area contributed by atoms with Crippen molar-refractivity contribution in [2.75, 3.05) is 44.3 Å². The van der Waals surface area contributed by atoms with E-state index in [1.165, 1.54) is 17.0 Å². The van der Waals surface area contributed by atoms with Gasteiger partial charge in [-0.1, -0.05) is 0 Å². The standard InChI is InChI=1S/C17H23N5O7/c1-2-27-15(23)10-28-13-3-4-14(20-16(13)22(25)26)21-9-12(29-17(21)24)8-19-11-5-6-18-7-11/h3-4,11-12,18-19H,2,5-10H2,1H3/t11?,12-/m0/s1. The Morgan fingerprint density at radius 3 is 3.03 bits per heavy atom. The number of ether oxygens (including phenoxy) is 3. The van der Waals surface area contributed by atoms with Crippen LogP contribution >= 0.6 is 0 Å². The topological polar surface area (TPSA) is 145 Å². The fraction of sp³-hybridized carbons (Fsp3) is 0.588. The summed E-state index contributed by atoms with van der Waals surface area (Å²) in [6, 6.07) is 3.03. The molecule has 2 fully saturated rings. The summed E-state index contributed by atoms with van der Waals surface area (Å²) in [7, 11) is 0. The Kier molecular flexibility index (Phi) is 6.77. The van der Waals surface area contributed by atoms with Gasteiger partial charge in [0.2, 0.25) is 5.75 Å². The molecule has 0 saturated carbocycles. The number of nitro groups is 1. The van der Waals surface area contributed by atoms with Gasteiger partial charge in [-0.25, -0.2) is 14.5 Å². The van der Waals surface area contributed by atoms with Crippen LogP contribution in [-0.2, 0) is 14.3 Å². The van der Waals surface area contributed by atoms with Crippen molar-refractivity contribution in [1.29, 1.82) is 0 Å². The molecule has 29 heavy (non-hydrogen) atoms. The molecular formula is C17H23N5O7. The zero-order valence-corrected chi connectivity index (χ0v) is 16.0. The van der Waals surface area contributed by atoms with Crippen molar-refractivity contribution in [1.82, 2.24) is 15.6 Å². The maximum absolute atomic E-state index is 12.2. The SMILES string of the molecule is CCOC(=O)COc1ccc(N2C[C@H](CNC3CCNC3)OC2=O)nc1[N+](=O)[O-]. The van der Waals surface area contributed by atoms with E-state index in [-0.39, 0.29) is 30.8 Å². The normalized spacial score (nSPS) is 21.1. The molecule has 1 amide bonds. The number of carbonyl (C=O) groups excluding carboxylic acids is 2. The maximum atomic E-state index is 12.2. The first-order valence-electron chi connectivity index (χ1n) is 9.34. The van der Waals surface area contributed by atoms with E-state index in [0.717, 1.165) is 19.5 Å². The number of nitrogens with zero attached hydrogens (tertiary/aromatic N) is 3. The Bertz CT molecular complexity index is 769. The number of esters is 1. The number of amides is 1. The van der Waals surface area contributed by atoms with Gasteiger partial charge in [0.1, 0.15) is 6.10 Å². The second kappa shape index (κ2) is 9.47. The van der Waals surface area contributed by atoms with Gasteiger partial charge < -0.3 is 35.0 Å². The number of hydrogen-bond donors (Lipinski definition) is 2. The van der Waals surface area contributed by atoms with Gasteiger partial charge in [-0.3, -0.25) is 0 Å². The monoisotopic (exact) mass is 409 g/mol. The Hall–Kier alpha value is -2.99. The second-order valence-electron chi connectivity index (χ2n) is 6.56. The van der Waals surface area contributed by atoms with Crippen molar-refractivity contribution in [2.45, 2.75) is 25.5 Å². The third-order valence-corrected chi connectivity index (χ3v) is 4.49. The quantitative estimate of drug-likeness (QED) is 0.330. The van der Waals surface area contributed by atoms with Gasteiger partial charge in [-0.05, 0) is 35.9 Å². The average molecular weight is 409 g/mol. The van der Waals surface area contributed by atoms with E-state index in [1.54, 1.807) is 6.92 Å². The van der Waals surface area contributed by atoms with Gasteiger partial charge in [0.15, 0.2) is 6.61 Å². The first kappa shape index (κ1) is 20.7. The Labute approximate surface area is 166 Å². The van der Waals surface area contributed by atoms with E-state index >= 15 is 0 Å². The minimum atomic E-state index is -0.739. The van der Waals surface area contributed by atoms with Gasteiger partial charge >= 0.3 is 17.9 Å². The van der Waals surface area contributed by atoms with Crippen molar-refractivity contribution in [3.63, 3.8) is 0 Å². The van der Waals surface area contributed by atoms with E-state index in [0.29, 0.717) is 12.6 Å². The molecule has 1 aromatic rings. The van der Waals surface area contributed by atoms with Crippen LogP contribution in [0.15, 0.2) is 12.1 Å². The fourth-order valence-corrected chi connectivity index (χ4v) is 3.10. The van der Waals surface area contributed by atoms with Gasteiger partial charge in [0.05, 0.1) is 13.2 Å². The summed E-state index contributed by atoms with van der Waals surface area (Å²) in [5.41, 5.74) is 0. The molecule has 3 rings (SSSR count). The van der Waals surface area contributed by atoms with E-state index in [9.17, 15) is 19.7 Å². The molecule has 1 aromatic heterocycles. The van der Waals surface area contributed by atoms with E-state index in [2.05, 4.69) is 15.6 Å². The number of aromatic nitrogens is 1. The third kappa shape index (κ3) is 5.29. The summed E-state index contributed by atoms with van der Waals surface area (Å²) < 4.78 is 15.2. The lowest BCUT2D eigenvalue weighted by Gasteiger charge is -2.14. The molecule has 2 N–H and O–H groups in total. The molecule has 2 aliphatic rings. The molecule has 0 bridgehead atoms. The minimum Gasteiger partial charge on any atom is -0.474 e.